The standard InChI is InChI=1S/C13H24N4S/c1-4-7-10(2)16(3)12-14-15-13(18)17(12)11-8-5-6-9-11/h10-11H,4-9H2,1-3H3,(H,15,18). The lowest BCUT2D eigenvalue weighted by Gasteiger charge is -2.27. The van der Waals surface area contributed by atoms with Gasteiger partial charge in [-0.1, -0.05) is 26.2 Å². The lowest BCUT2D eigenvalue weighted by Crippen LogP contribution is -2.31. The largest absolute Gasteiger partial charge is 0.341 e. The first-order valence-electron chi connectivity index (χ1n) is 7.04. The maximum absolute atomic E-state index is 5.40. The normalized spacial score (nSPS) is 18.2. The zero-order valence-electron chi connectivity index (χ0n) is 11.6. The van der Waals surface area contributed by atoms with Gasteiger partial charge in [0.1, 0.15) is 0 Å². The smallest absolute Gasteiger partial charge is 0.225 e. The van der Waals surface area contributed by atoms with Gasteiger partial charge >= 0.3 is 0 Å². The van der Waals surface area contributed by atoms with Crippen LogP contribution in [-0.4, -0.2) is 27.9 Å². The van der Waals surface area contributed by atoms with Crippen molar-refractivity contribution in [1.82, 2.24) is 14.8 Å². The Hall–Kier alpha value is -0.840. The SMILES string of the molecule is CCCC(C)N(C)c1n[nH]c(=S)n1C1CCCC1. The number of rotatable bonds is 5. The van der Waals surface area contributed by atoms with Crippen LogP contribution in [0.2, 0.25) is 0 Å². The third-order valence-corrected chi connectivity index (χ3v) is 4.35. The molecule has 1 aliphatic carbocycles. The summed E-state index contributed by atoms with van der Waals surface area (Å²) in [7, 11) is 2.12. The summed E-state index contributed by atoms with van der Waals surface area (Å²) in [6.07, 6.45) is 7.46. The van der Waals surface area contributed by atoms with E-state index in [0.29, 0.717) is 12.1 Å². The van der Waals surface area contributed by atoms with Crippen LogP contribution in [0.1, 0.15) is 58.4 Å². The number of nitrogens with zero attached hydrogens (tertiary/aromatic N) is 3. The van der Waals surface area contributed by atoms with Crippen LogP contribution in [0, 0.1) is 4.77 Å². The van der Waals surface area contributed by atoms with Crippen molar-refractivity contribution >= 4 is 18.2 Å². The Morgan fingerprint density at radius 3 is 2.78 bits per heavy atom. The molecule has 0 aliphatic heterocycles. The molecule has 1 aliphatic rings. The first kappa shape index (κ1) is 13.6. The third kappa shape index (κ3) is 2.60. The molecule has 1 heterocycles. The molecule has 1 N–H and O–H groups in total. The van der Waals surface area contributed by atoms with E-state index in [0.717, 1.165) is 10.7 Å². The summed E-state index contributed by atoms with van der Waals surface area (Å²) in [5, 5.41) is 7.40. The Balaban J connectivity index is 2.24. The van der Waals surface area contributed by atoms with Gasteiger partial charge in [-0.3, -0.25) is 4.57 Å². The molecule has 5 heteroatoms. The summed E-state index contributed by atoms with van der Waals surface area (Å²) in [5.74, 6) is 1.01. The highest BCUT2D eigenvalue weighted by molar-refractivity contribution is 7.71. The average molecular weight is 268 g/mol. The van der Waals surface area contributed by atoms with Crippen molar-refractivity contribution < 1.29 is 0 Å². The molecular formula is C13H24N4S. The van der Waals surface area contributed by atoms with Crippen molar-refractivity contribution in [2.45, 2.75) is 64.5 Å². The summed E-state index contributed by atoms with van der Waals surface area (Å²) >= 11 is 5.40. The molecule has 2 rings (SSSR count). The van der Waals surface area contributed by atoms with Gasteiger partial charge in [0.15, 0.2) is 4.77 Å². The lowest BCUT2D eigenvalue weighted by atomic mass is 10.2. The van der Waals surface area contributed by atoms with Gasteiger partial charge in [0, 0.05) is 19.1 Å². The van der Waals surface area contributed by atoms with Gasteiger partial charge in [-0.25, -0.2) is 5.10 Å². The van der Waals surface area contributed by atoms with Gasteiger partial charge < -0.3 is 4.90 Å². The minimum Gasteiger partial charge on any atom is -0.341 e. The monoisotopic (exact) mass is 268 g/mol. The Morgan fingerprint density at radius 2 is 2.17 bits per heavy atom. The van der Waals surface area contributed by atoms with Crippen LogP contribution in [0.25, 0.3) is 0 Å². The van der Waals surface area contributed by atoms with E-state index in [2.05, 4.69) is 40.6 Å². The van der Waals surface area contributed by atoms with Crippen molar-refractivity contribution in [1.29, 1.82) is 0 Å². The summed E-state index contributed by atoms with van der Waals surface area (Å²) in [6.45, 7) is 4.47. The Bertz CT molecular complexity index is 430. The zero-order chi connectivity index (χ0) is 13.1. The topological polar surface area (TPSA) is 36.9 Å². The molecular weight excluding hydrogens is 244 g/mol. The van der Waals surface area contributed by atoms with Crippen LogP contribution in [0.15, 0.2) is 0 Å². The van der Waals surface area contributed by atoms with Gasteiger partial charge in [0.05, 0.1) is 0 Å². The molecule has 18 heavy (non-hydrogen) atoms. The molecule has 4 nitrogen and oxygen atoms in total. The van der Waals surface area contributed by atoms with E-state index >= 15 is 0 Å². The van der Waals surface area contributed by atoms with E-state index in [1.54, 1.807) is 0 Å². The first-order valence-corrected chi connectivity index (χ1v) is 7.45. The average Bonchev–Trinajstić information content (AvgIpc) is 2.97. The number of hydrogen-bond donors (Lipinski definition) is 1. The van der Waals surface area contributed by atoms with Gasteiger partial charge in [0.25, 0.3) is 0 Å². The molecule has 1 atom stereocenters. The summed E-state index contributed by atoms with van der Waals surface area (Å²) in [6, 6.07) is 1.04. The zero-order valence-corrected chi connectivity index (χ0v) is 12.5. The maximum atomic E-state index is 5.40. The fourth-order valence-electron chi connectivity index (χ4n) is 2.85. The van der Waals surface area contributed by atoms with Gasteiger partial charge in [0.2, 0.25) is 5.95 Å². The summed E-state index contributed by atoms with van der Waals surface area (Å²) in [4.78, 5) is 2.26. The second-order valence-electron chi connectivity index (χ2n) is 5.39. The molecule has 1 saturated carbocycles. The molecule has 1 fully saturated rings. The predicted octanol–water partition coefficient (Wildman–Crippen LogP) is 3.68. The van der Waals surface area contributed by atoms with E-state index in [1.165, 1.54) is 38.5 Å². The number of H-pyrrole nitrogens is 1. The summed E-state index contributed by atoms with van der Waals surface area (Å²) in [5.41, 5.74) is 0. The van der Waals surface area contributed by atoms with Gasteiger partial charge in [-0.2, -0.15) is 0 Å². The highest BCUT2D eigenvalue weighted by Gasteiger charge is 2.24. The molecule has 0 amide bonds. The Morgan fingerprint density at radius 1 is 1.50 bits per heavy atom. The van der Waals surface area contributed by atoms with Crippen LogP contribution in [0.4, 0.5) is 5.95 Å². The van der Waals surface area contributed by atoms with Crippen LogP contribution < -0.4 is 4.90 Å². The van der Waals surface area contributed by atoms with Crippen molar-refractivity contribution in [3.8, 4) is 0 Å². The second-order valence-corrected chi connectivity index (χ2v) is 5.77. The van der Waals surface area contributed by atoms with Crippen molar-refractivity contribution in [3.63, 3.8) is 0 Å². The molecule has 0 aromatic carbocycles. The number of aromatic amines is 1. The van der Waals surface area contributed by atoms with E-state index in [-0.39, 0.29) is 0 Å². The minimum absolute atomic E-state index is 0.500. The molecule has 0 radical (unpaired) electrons. The van der Waals surface area contributed by atoms with Crippen molar-refractivity contribution in [3.05, 3.63) is 4.77 Å². The molecule has 1 aromatic heterocycles. The van der Waals surface area contributed by atoms with Crippen molar-refractivity contribution in [2.24, 2.45) is 0 Å². The van der Waals surface area contributed by atoms with Crippen LogP contribution in [0.3, 0.4) is 0 Å². The number of nitrogens with one attached hydrogen (secondary N) is 1. The number of aromatic nitrogens is 3. The van der Waals surface area contributed by atoms with Crippen LogP contribution in [0.5, 0.6) is 0 Å². The Kier molecular flexibility index (Phi) is 4.43. The highest BCUT2D eigenvalue weighted by Crippen LogP contribution is 2.32. The van der Waals surface area contributed by atoms with E-state index in [4.69, 9.17) is 12.2 Å². The summed E-state index contributed by atoms with van der Waals surface area (Å²) < 4.78 is 3.00. The Labute approximate surface area is 114 Å². The number of anilines is 1. The third-order valence-electron chi connectivity index (χ3n) is 4.06. The first-order chi connectivity index (χ1) is 8.65. The van der Waals surface area contributed by atoms with Gasteiger partial charge in [-0.05, 0) is 38.4 Å². The van der Waals surface area contributed by atoms with E-state index < -0.39 is 0 Å². The fourth-order valence-corrected chi connectivity index (χ4v) is 3.12. The van der Waals surface area contributed by atoms with Crippen LogP contribution >= 0.6 is 12.2 Å². The van der Waals surface area contributed by atoms with E-state index in [1.807, 2.05) is 0 Å². The maximum Gasteiger partial charge on any atom is 0.225 e. The molecule has 102 valence electrons. The lowest BCUT2D eigenvalue weighted by molar-refractivity contribution is 0.497. The molecule has 1 unspecified atom stereocenters. The predicted molar refractivity (Wildman–Crippen MR) is 77.7 cm³/mol. The van der Waals surface area contributed by atoms with Crippen LogP contribution in [-0.2, 0) is 0 Å². The molecule has 0 saturated heterocycles. The fraction of sp³-hybridized carbons (Fsp3) is 0.846. The highest BCUT2D eigenvalue weighted by atomic mass is 32.1. The quantitative estimate of drug-likeness (QED) is 0.828. The van der Waals surface area contributed by atoms with Gasteiger partial charge in [-0.15, -0.1) is 5.10 Å². The minimum atomic E-state index is 0.500. The number of hydrogen-bond acceptors (Lipinski definition) is 3. The van der Waals surface area contributed by atoms with Crippen molar-refractivity contribution in [2.75, 3.05) is 11.9 Å². The molecule has 1 aromatic rings. The van der Waals surface area contributed by atoms with E-state index in [9.17, 15) is 0 Å². The molecule has 0 bridgehead atoms. The second kappa shape index (κ2) is 5.87. The molecule has 0 spiro atoms.